The fourth-order valence-corrected chi connectivity index (χ4v) is 3.91. The van der Waals surface area contributed by atoms with Crippen LogP contribution in [-0.4, -0.2) is 53.7 Å². The van der Waals surface area contributed by atoms with E-state index in [2.05, 4.69) is 4.99 Å². The Labute approximate surface area is 193 Å². The number of amides is 1. The van der Waals surface area contributed by atoms with Crippen molar-refractivity contribution in [1.82, 2.24) is 0 Å². The van der Waals surface area contributed by atoms with Gasteiger partial charge in [-0.2, -0.15) is 0 Å². The molecule has 7 heteroatoms. The van der Waals surface area contributed by atoms with Crippen molar-refractivity contribution in [1.29, 1.82) is 0 Å². The molecule has 0 bridgehead atoms. The predicted octanol–water partition coefficient (Wildman–Crippen LogP) is 4.20. The van der Waals surface area contributed by atoms with Gasteiger partial charge < -0.3 is 23.8 Å². The zero-order chi connectivity index (χ0) is 23.5. The SMILES string of the molecule is COc1ccc(C2=NCC(=O)N(C)c3cc(OC)c(-c4cc(OC)ccc4OC)cc32)cc1. The Morgan fingerprint density at radius 2 is 1.36 bits per heavy atom. The largest absolute Gasteiger partial charge is 0.497 e. The first-order valence-electron chi connectivity index (χ1n) is 10.4. The van der Waals surface area contributed by atoms with Crippen LogP contribution in [0.2, 0.25) is 0 Å². The molecule has 0 saturated heterocycles. The van der Waals surface area contributed by atoms with Gasteiger partial charge >= 0.3 is 0 Å². The van der Waals surface area contributed by atoms with Gasteiger partial charge in [0.05, 0.1) is 39.8 Å². The highest BCUT2D eigenvalue weighted by atomic mass is 16.5. The van der Waals surface area contributed by atoms with Gasteiger partial charge in [0, 0.05) is 35.4 Å². The molecule has 1 heterocycles. The highest BCUT2D eigenvalue weighted by Crippen LogP contribution is 2.43. The third kappa shape index (κ3) is 4.09. The number of likely N-dealkylation sites (N-methyl/N-ethyl adjacent to an activating group) is 1. The highest BCUT2D eigenvalue weighted by molar-refractivity contribution is 6.20. The predicted molar refractivity (Wildman–Crippen MR) is 128 cm³/mol. The molecule has 0 N–H and O–H groups in total. The van der Waals surface area contributed by atoms with Gasteiger partial charge in [-0.05, 0) is 48.5 Å². The summed E-state index contributed by atoms with van der Waals surface area (Å²) >= 11 is 0. The van der Waals surface area contributed by atoms with E-state index in [0.717, 1.165) is 39.4 Å². The summed E-state index contributed by atoms with van der Waals surface area (Å²) in [5.74, 6) is 2.62. The lowest BCUT2D eigenvalue weighted by molar-refractivity contribution is -0.116. The van der Waals surface area contributed by atoms with Gasteiger partial charge in [0.2, 0.25) is 5.91 Å². The minimum absolute atomic E-state index is 0.0483. The molecule has 4 rings (SSSR count). The number of ether oxygens (including phenoxy) is 4. The number of nitrogens with zero attached hydrogens (tertiary/aromatic N) is 2. The number of fused-ring (bicyclic) bond motifs is 1. The number of aliphatic imine (C=N–C) groups is 1. The second-order valence-corrected chi connectivity index (χ2v) is 7.48. The number of carbonyl (C=O) groups is 1. The van der Waals surface area contributed by atoms with E-state index in [1.165, 1.54) is 0 Å². The Morgan fingerprint density at radius 1 is 0.727 bits per heavy atom. The molecule has 1 aliphatic heterocycles. The topological polar surface area (TPSA) is 69.6 Å². The van der Waals surface area contributed by atoms with Crippen LogP contribution < -0.4 is 23.8 Å². The van der Waals surface area contributed by atoms with Crippen LogP contribution in [0.4, 0.5) is 5.69 Å². The van der Waals surface area contributed by atoms with Gasteiger partial charge in [0.25, 0.3) is 0 Å². The fraction of sp³-hybridized carbons (Fsp3) is 0.231. The Hall–Kier alpha value is -4.00. The molecule has 3 aromatic rings. The molecule has 0 fully saturated rings. The quantitative estimate of drug-likeness (QED) is 0.568. The van der Waals surface area contributed by atoms with Gasteiger partial charge in [0.1, 0.15) is 29.5 Å². The lowest BCUT2D eigenvalue weighted by Gasteiger charge is -2.22. The summed E-state index contributed by atoms with van der Waals surface area (Å²) in [4.78, 5) is 19.0. The number of carbonyl (C=O) groups excluding carboxylic acids is 1. The van der Waals surface area contributed by atoms with Crippen LogP contribution in [0.3, 0.4) is 0 Å². The summed E-state index contributed by atoms with van der Waals surface area (Å²) in [7, 11) is 8.22. The number of rotatable bonds is 6. The first-order valence-corrected chi connectivity index (χ1v) is 10.4. The number of hydrogen-bond acceptors (Lipinski definition) is 6. The first kappa shape index (κ1) is 22.2. The maximum Gasteiger partial charge on any atom is 0.248 e. The Morgan fingerprint density at radius 3 is 2.00 bits per heavy atom. The minimum Gasteiger partial charge on any atom is -0.497 e. The van der Waals surface area contributed by atoms with Gasteiger partial charge in [0.15, 0.2) is 0 Å². The summed E-state index contributed by atoms with van der Waals surface area (Å²) in [6.07, 6.45) is 0. The van der Waals surface area contributed by atoms with Crippen molar-refractivity contribution in [3.8, 4) is 34.1 Å². The second-order valence-electron chi connectivity index (χ2n) is 7.48. The van der Waals surface area contributed by atoms with E-state index >= 15 is 0 Å². The number of methoxy groups -OCH3 is 4. The monoisotopic (exact) mass is 446 g/mol. The van der Waals surface area contributed by atoms with Crippen molar-refractivity contribution >= 4 is 17.3 Å². The van der Waals surface area contributed by atoms with Gasteiger partial charge in [-0.15, -0.1) is 0 Å². The van der Waals surface area contributed by atoms with E-state index in [1.807, 2.05) is 54.6 Å². The van der Waals surface area contributed by atoms with Crippen molar-refractivity contribution in [2.75, 3.05) is 46.9 Å². The first-order chi connectivity index (χ1) is 16.0. The summed E-state index contributed by atoms with van der Waals surface area (Å²) in [5.41, 5.74) is 4.74. The molecule has 0 aliphatic carbocycles. The van der Waals surface area contributed by atoms with Crippen molar-refractivity contribution in [2.45, 2.75) is 0 Å². The van der Waals surface area contributed by atoms with E-state index in [9.17, 15) is 4.79 Å². The van der Waals surface area contributed by atoms with Crippen LogP contribution in [0.5, 0.6) is 23.0 Å². The number of benzodiazepines with no additional fused rings is 1. The van der Waals surface area contributed by atoms with Gasteiger partial charge in [-0.3, -0.25) is 9.79 Å². The third-order valence-corrected chi connectivity index (χ3v) is 5.74. The molecular formula is C26H26N2O5. The molecule has 33 heavy (non-hydrogen) atoms. The van der Waals surface area contributed by atoms with Crippen molar-refractivity contribution in [3.63, 3.8) is 0 Å². The summed E-state index contributed by atoms with van der Waals surface area (Å²) in [6, 6.07) is 17.1. The second kappa shape index (κ2) is 9.24. The van der Waals surface area contributed by atoms with E-state index in [0.29, 0.717) is 17.2 Å². The molecule has 0 spiro atoms. The van der Waals surface area contributed by atoms with Crippen LogP contribution in [0, 0.1) is 0 Å². The van der Waals surface area contributed by atoms with Crippen molar-refractivity contribution in [2.24, 2.45) is 4.99 Å². The molecule has 170 valence electrons. The van der Waals surface area contributed by atoms with Crippen molar-refractivity contribution in [3.05, 3.63) is 65.7 Å². The Kier molecular flexibility index (Phi) is 6.22. The smallest absolute Gasteiger partial charge is 0.248 e. The van der Waals surface area contributed by atoms with Crippen LogP contribution in [0.25, 0.3) is 11.1 Å². The lowest BCUT2D eigenvalue weighted by Crippen LogP contribution is -2.27. The van der Waals surface area contributed by atoms with E-state index in [-0.39, 0.29) is 12.5 Å². The molecule has 1 amide bonds. The summed E-state index contributed by atoms with van der Waals surface area (Å²) in [6.45, 7) is 0.0483. The number of hydrogen-bond donors (Lipinski definition) is 0. The van der Waals surface area contributed by atoms with E-state index < -0.39 is 0 Å². The maximum atomic E-state index is 12.7. The molecule has 0 unspecified atom stereocenters. The van der Waals surface area contributed by atoms with Crippen LogP contribution in [-0.2, 0) is 4.79 Å². The maximum absolute atomic E-state index is 12.7. The molecule has 0 saturated carbocycles. The average Bonchev–Trinajstić information content (AvgIpc) is 2.98. The van der Waals surface area contributed by atoms with Crippen molar-refractivity contribution < 1.29 is 23.7 Å². The normalized spacial score (nSPS) is 13.1. The van der Waals surface area contributed by atoms with Gasteiger partial charge in [-0.25, -0.2) is 0 Å². The average molecular weight is 447 g/mol. The minimum atomic E-state index is -0.103. The zero-order valence-corrected chi connectivity index (χ0v) is 19.3. The van der Waals surface area contributed by atoms with Crippen LogP contribution >= 0.6 is 0 Å². The van der Waals surface area contributed by atoms with Crippen LogP contribution in [0.1, 0.15) is 11.1 Å². The molecule has 7 nitrogen and oxygen atoms in total. The molecule has 0 radical (unpaired) electrons. The van der Waals surface area contributed by atoms with E-state index in [1.54, 1.807) is 40.4 Å². The fourth-order valence-electron chi connectivity index (χ4n) is 3.91. The highest BCUT2D eigenvalue weighted by Gasteiger charge is 2.26. The molecule has 0 atom stereocenters. The number of anilines is 1. The Bertz CT molecular complexity index is 1220. The third-order valence-electron chi connectivity index (χ3n) is 5.74. The molecule has 3 aromatic carbocycles. The summed E-state index contributed by atoms with van der Waals surface area (Å²) in [5, 5.41) is 0. The molecular weight excluding hydrogens is 420 g/mol. The zero-order valence-electron chi connectivity index (χ0n) is 19.3. The Balaban J connectivity index is 1.98. The summed E-state index contributed by atoms with van der Waals surface area (Å²) < 4.78 is 22.1. The molecule has 0 aromatic heterocycles. The lowest BCUT2D eigenvalue weighted by atomic mass is 9.94. The van der Waals surface area contributed by atoms with E-state index in [4.69, 9.17) is 18.9 Å². The standard InChI is InChI=1S/C26H26N2O5/c1-28-22-14-24(33-5)20(19-12-18(31-3)10-11-23(19)32-4)13-21(22)26(27-15-25(28)29)16-6-8-17(30-2)9-7-16/h6-14H,15H2,1-5H3. The van der Waals surface area contributed by atoms with Gasteiger partial charge in [-0.1, -0.05) is 0 Å². The number of benzene rings is 3. The van der Waals surface area contributed by atoms with Crippen LogP contribution in [0.15, 0.2) is 59.6 Å². The molecule has 1 aliphatic rings.